The van der Waals surface area contributed by atoms with Crippen LogP contribution >= 0.6 is 24.0 Å². The molecule has 1 aromatic rings. The Morgan fingerprint density at radius 2 is 2.08 bits per heavy atom. The molecule has 0 amide bonds. The second-order valence-electron chi connectivity index (χ2n) is 7.52. The van der Waals surface area contributed by atoms with Crippen LogP contribution in [0.5, 0.6) is 5.75 Å². The molecule has 2 aliphatic heterocycles. The second kappa shape index (κ2) is 8.33. The van der Waals surface area contributed by atoms with Gasteiger partial charge in [-0.3, -0.25) is 4.99 Å². The molecule has 0 bridgehead atoms. The molecular weight excluding hydrogens is 465 g/mol. The summed E-state index contributed by atoms with van der Waals surface area (Å²) in [4.78, 5) is 4.30. The van der Waals surface area contributed by atoms with Gasteiger partial charge in [-0.2, -0.15) is 0 Å². The second-order valence-corrected chi connectivity index (χ2v) is 9.75. The maximum absolute atomic E-state index is 11.6. The van der Waals surface area contributed by atoms with Crippen LogP contribution in [0.3, 0.4) is 0 Å². The molecule has 2 N–H and O–H groups in total. The number of sulfone groups is 1. The number of fused-ring (bicyclic) bond motifs is 1. The first-order valence-electron chi connectivity index (χ1n) is 8.73. The van der Waals surface area contributed by atoms with E-state index in [1.807, 2.05) is 18.2 Å². The lowest BCUT2D eigenvalue weighted by Gasteiger charge is -2.38. The summed E-state index contributed by atoms with van der Waals surface area (Å²) in [5.41, 5.74) is 0.859. The average Bonchev–Trinajstić information content (AvgIpc) is 2.89. The predicted molar refractivity (Wildman–Crippen MR) is 115 cm³/mol. The van der Waals surface area contributed by atoms with Gasteiger partial charge in [-0.1, -0.05) is 18.2 Å². The molecule has 0 spiro atoms. The lowest BCUT2D eigenvalue weighted by atomic mass is 9.90. The summed E-state index contributed by atoms with van der Waals surface area (Å²) < 4.78 is 29.2. The summed E-state index contributed by atoms with van der Waals surface area (Å²) in [5, 5.41) is 6.76. The van der Waals surface area contributed by atoms with Crippen molar-refractivity contribution in [2.75, 3.05) is 25.1 Å². The third-order valence-corrected chi connectivity index (χ3v) is 6.63. The van der Waals surface area contributed by atoms with Crippen molar-refractivity contribution in [3.63, 3.8) is 0 Å². The minimum Gasteiger partial charge on any atom is -0.487 e. The van der Waals surface area contributed by atoms with Crippen molar-refractivity contribution >= 4 is 39.8 Å². The zero-order valence-electron chi connectivity index (χ0n) is 15.5. The molecule has 2 atom stereocenters. The normalized spacial score (nSPS) is 26.2. The number of rotatable bonds is 3. The number of para-hydroxylation sites is 1. The fourth-order valence-corrected chi connectivity index (χ4v) is 5.43. The summed E-state index contributed by atoms with van der Waals surface area (Å²) >= 11 is 0. The van der Waals surface area contributed by atoms with E-state index in [0.29, 0.717) is 18.3 Å². The molecule has 2 unspecified atom stereocenters. The molecule has 1 fully saturated rings. The zero-order valence-corrected chi connectivity index (χ0v) is 18.6. The van der Waals surface area contributed by atoms with Gasteiger partial charge in [0.05, 0.1) is 17.5 Å². The summed E-state index contributed by atoms with van der Waals surface area (Å²) in [7, 11) is -1.12. The quantitative estimate of drug-likeness (QED) is 0.385. The lowest BCUT2D eigenvalue weighted by molar-refractivity contribution is 0.0694. The summed E-state index contributed by atoms with van der Waals surface area (Å²) in [6.07, 6.45) is 1.54. The van der Waals surface area contributed by atoms with Crippen LogP contribution in [0.1, 0.15) is 38.3 Å². The SMILES string of the molecule is CN=C(NCC1CCS(=O)(=O)C1)NC1CC(C)(C)Oc2ccccc21.I. The summed E-state index contributed by atoms with van der Waals surface area (Å²) in [5.74, 6) is 2.31. The van der Waals surface area contributed by atoms with Gasteiger partial charge in [0.15, 0.2) is 15.8 Å². The van der Waals surface area contributed by atoms with Crippen molar-refractivity contribution in [2.45, 2.75) is 38.3 Å². The Morgan fingerprint density at radius 1 is 1.35 bits per heavy atom. The van der Waals surface area contributed by atoms with Crippen LogP contribution in [-0.4, -0.2) is 45.1 Å². The van der Waals surface area contributed by atoms with E-state index in [1.54, 1.807) is 7.05 Å². The highest BCUT2D eigenvalue weighted by atomic mass is 127. The largest absolute Gasteiger partial charge is 0.487 e. The van der Waals surface area contributed by atoms with Gasteiger partial charge in [-0.25, -0.2) is 8.42 Å². The number of guanidine groups is 1. The van der Waals surface area contributed by atoms with Gasteiger partial charge < -0.3 is 15.4 Å². The monoisotopic (exact) mass is 493 g/mol. The van der Waals surface area contributed by atoms with E-state index < -0.39 is 9.84 Å². The van der Waals surface area contributed by atoms with Gasteiger partial charge >= 0.3 is 0 Å². The Bertz CT molecular complexity index is 765. The molecule has 2 aliphatic rings. The van der Waals surface area contributed by atoms with E-state index in [0.717, 1.165) is 24.2 Å². The van der Waals surface area contributed by atoms with Gasteiger partial charge in [0.2, 0.25) is 0 Å². The number of nitrogens with one attached hydrogen (secondary N) is 2. The van der Waals surface area contributed by atoms with Crippen molar-refractivity contribution in [3.8, 4) is 5.75 Å². The van der Waals surface area contributed by atoms with Crippen molar-refractivity contribution in [1.29, 1.82) is 0 Å². The Hall–Kier alpha value is -1.03. The number of benzene rings is 1. The predicted octanol–water partition coefficient (Wildman–Crippen LogP) is 2.51. The van der Waals surface area contributed by atoms with Crippen molar-refractivity contribution in [1.82, 2.24) is 10.6 Å². The third-order valence-electron chi connectivity index (χ3n) is 4.80. The molecule has 2 heterocycles. The van der Waals surface area contributed by atoms with Gasteiger partial charge in [0.1, 0.15) is 11.4 Å². The molecule has 3 rings (SSSR count). The van der Waals surface area contributed by atoms with Gasteiger partial charge in [0, 0.05) is 25.6 Å². The molecule has 0 saturated carbocycles. The maximum Gasteiger partial charge on any atom is 0.191 e. The molecule has 6 nitrogen and oxygen atoms in total. The highest BCUT2D eigenvalue weighted by molar-refractivity contribution is 14.0. The topological polar surface area (TPSA) is 79.8 Å². The van der Waals surface area contributed by atoms with Crippen LogP contribution in [0.4, 0.5) is 0 Å². The molecule has 146 valence electrons. The van der Waals surface area contributed by atoms with Crippen LogP contribution in [0.2, 0.25) is 0 Å². The minimum absolute atomic E-state index is 0. The van der Waals surface area contributed by atoms with Crippen molar-refractivity contribution in [2.24, 2.45) is 10.9 Å². The van der Waals surface area contributed by atoms with E-state index in [4.69, 9.17) is 4.74 Å². The molecule has 0 radical (unpaired) electrons. The van der Waals surface area contributed by atoms with E-state index >= 15 is 0 Å². The highest BCUT2D eigenvalue weighted by Gasteiger charge is 2.34. The Balaban J connectivity index is 0.00000243. The Kier molecular flexibility index (Phi) is 6.81. The first kappa shape index (κ1) is 21.3. The van der Waals surface area contributed by atoms with Crippen LogP contribution < -0.4 is 15.4 Å². The molecule has 1 aromatic carbocycles. The number of ether oxygens (including phenoxy) is 1. The number of hydrogen-bond acceptors (Lipinski definition) is 4. The first-order valence-corrected chi connectivity index (χ1v) is 10.6. The minimum atomic E-state index is -2.85. The number of halogens is 1. The van der Waals surface area contributed by atoms with E-state index in [2.05, 4.69) is 35.5 Å². The molecular formula is C18H28IN3O3S. The van der Waals surface area contributed by atoms with Crippen molar-refractivity contribution in [3.05, 3.63) is 29.8 Å². The van der Waals surface area contributed by atoms with Gasteiger partial charge in [-0.05, 0) is 32.3 Å². The molecule has 26 heavy (non-hydrogen) atoms. The standard InChI is InChI=1S/C18H27N3O3S.HI/c1-18(2)10-15(14-6-4-5-7-16(14)24-18)21-17(19-3)20-11-13-8-9-25(22,23)12-13;/h4-7,13,15H,8-12H2,1-3H3,(H2,19,20,21);1H. The molecule has 8 heteroatoms. The summed E-state index contributed by atoms with van der Waals surface area (Å²) in [6, 6.07) is 8.14. The number of nitrogens with zero attached hydrogens (tertiary/aromatic N) is 1. The molecule has 1 saturated heterocycles. The van der Waals surface area contributed by atoms with Gasteiger partial charge in [0.25, 0.3) is 0 Å². The van der Waals surface area contributed by atoms with Crippen LogP contribution in [0.15, 0.2) is 29.3 Å². The zero-order chi connectivity index (χ0) is 18.1. The van der Waals surface area contributed by atoms with E-state index in [9.17, 15) is 8.42 Å². The Morgan fingerprint density at radius 3 is 2.73 bits per heavy atom. The maximum atomic E-state index is 11.6. The van der Waals surface area contributed by atoms with Crippen LogP contribution in [0.25, 0.3) is 0 Å². The first-order chi connectivity index (χ1) is 11.8. The fourth-order valence-electron chi connectivity index (χ4n) is 3.56. The fraction of sp³-hybridized carbons (Fsp3) is 0.611. The summed E-state index contributed by atoms with van der Waals surface area (Å²) in [6.45, 7) is 4.78. The van der Waals surface area contributed by atoms with Crippen molar-refractivity contribution < 1.29 is 13.2 Å². The molecule has 0 aliphatic carbocycles. The van der Waals surface area contributed by atoms with Crippen LogP contribution in [0, 0.1) is 5.92 Å². The average molecular weight is 493 g/mol. The molecule has 0 aromatic heterocycles. The van der Waals surface area contributed by atoms with Gasteiger partial charge in [-0.15, -0.1) is 24.0 Å². The van der Waals surface area contributed by atoms with E-state index in [1.165, 1.54) is 0 Å². The third kappa shape index (κ3) is 5.25. The number of hydrogen-bond donors (Lipinski definition) is 2. The van der Waals surface area contributed by atoms with E-state index in [-0.39, 0.29) is 47.3 Å². The number of aliphatic imine (C=N–C) groups is 1. The smallest absolute Gasteiger partial charge is 0.191 e. The lowest BCUT2D eigenvalue weighted by Crippen LogP contribution is -2.46. The van der Waals surface area contributed by atoms with Crippen LogP contribution in [-0.2, 0) is 9.84 Å². The Labute approximate surface area is 173 Å². The highest BCUT2D eigenvalue weighted by Crippen LogP contribution is 2.39.